The van der Waals surface area contributed by atoms with Crippen molar-refractivity contribution < 1.29 is 23.9 Å². The maximum Gasteiger partial charge on any atom is 0.325 e. The Bertz CT molecular complexity index is 684. The van der Waals surface area contributed by atoms with Gasteiger partial charge in [-0.05, 0) is 25.7 Å². The molecule has 3 N–H and O–H groups in total. The van der Waals surface area contributed by atoms with Gasteiger partial charge in [0.05, 0.1) is 0 Å². The minimum atomic E-state index is -1.73. The molecule has 9 nitrogen and oxygen atoms in total. The summed E-state index contributed by atoms with van der Waals surface area (Å²) < 4.78 is 3.23. The standard InChI is InChI=1S/C19H29Cl3N4O5/c1-5-7-14(27)24-15(11(2)3)16(28)23-12(4)17(29)26-9-6-8-13(25-26)18(30)31-10-19(20,21)22/h5,11-13,15,25H,1,6-10H2,2-4H3,(H,23,28)(H,24,27)/t12-,13-,15-/m0/s1. The number of hydrazine groups is 1. The Morgan fingerprint density at radius 3 is 2.42 bits per heavy atom. The fourth-order valence-electron chi connectivity index (χ4n) is 2.87. The first kappa shape index (κ1) is 27.5. The molecule has 0 aliphatic carbocycles. The lowest BCUT2D eigenvalue weighted by Gasteiger charge is -2.34. The molecule has 0 radical (unpaired) electrons. The van der Waals surface area contributed by atoms with Gasteiger partial charge in [0.25, 0.3) is 5.91 Å². The number of amides is 3. The van der Waals surface area contributed by atoms with E-state index in [4.69, 9.17) is 39.5 Å². The lowest BCUT2D eigenvalue weighted by Crippen LogP contribution is -2.61. The van der Waals surface area contributed by atoms with Crippen molar-refractivity contribution in [3.63, 3.8) is 0 Å². The molecular weight excluding hydrogens is 471 g/mol. The Morgan fingerprint density at radius 1 is 1.23 bits per heavy atom. The molecule has 0 bridgehead atoms. The zero-order chi connectivity index (χ0) is 23.8. The van der Waals surface area contributed by atoms with Gasteiger partial charge in [-0.15, -0.1) is 6.58 Å². The molecule has 1 saturated heterocycles. The first-order valence-electron chi connectivity index (χ1n) is 9.87. The van der Waals surface area contributed by atoms with Crippen LogP contribution in [0.15, 0.2) is 12.7 Å². The summed E-state index contributed by atoms with van der Waals surface area (Å²) in [5, 5.41) is 6.51. The highest BCUT2D eigenvalue weighted by Crippen LogP contribution is 2.26. The number of carbonyl (C=O) groups is 4. The van der Waals surface area contributed by atoms with Crippen LogP contribution in [0.3, 0.4) is 0 Å². The van der Waals surface area contributed by atoms with Gasteiger partial charge < -0.3 is 15.4 Å². The minimum Gasteiger partial charge on any atom is -0.460 e. The fourth-order valence-corrected chi connectivity index (χ4v) is 3.03. The summed E-state index contributed by atoms with van der Waals surface area (Å²) >= 11 is 16.7. The average molecular weight is 500 g/mol. The summed E-state index contributed by atoms with van der Waals surface area (Å²) in [4.78, 5) is 49.4. The van der Waals surface area contributed by atoms with E-state index in [0.717, 1.165) is 0 Å². The predicted molar refractivity (Wildman–Crippen MR) is 118 cm³/mol. The number of alkyl halides is 3. The van der Waals surface area contributed by atoms with Crippen molar-refractivity contribution in [2.75, 3.05) is 13.2 Å². The number of hydrogen-bond acceptors (Lipinski definition) is 6. The second-order valence-corrected chi connectivity index (χ2v) is 10.1. The maximum atomic E-state index is 12.8. The summed E-state index contributed by atoms with van der Waals surface area (Å²) in [6.45, 7) is 8.51. The lowest BCUT2D eigenvalue weighted by atomic mass is 10.0. The van der Waals surface area contributed by atoms with Crippen LogP contribution in [0.25, 0.3) is 0 Å². The van der Waals surface area contributed by atoms with Gasteiger partial charge >= 0.3 is 5.97 Å². The Morgan fingerprint density at radius 2 is 1.87 bits per heavy atom. The highest BCUT2D eigenvalue weighted by atomic mass is 35.6. The fraction of sp³-hybridized carbons (Fsp3) is 0.684. The Labute approximate surface area is 197 Å². The van der Waals surface area contributed by atoms with E-state index in [2.05, 4.69) is 22.6 Å². The molecule has 176 valence electrons. The predicted octanol–water partition coefficient (Wildman–Crippen LogP) is 1.62. The summed E-state index contributed by atoms with van der Waals surface area (Å²) in [6.07, 6.45) is 2.50. The van der Waals surface area contributed by atoms with Crippen molar-refractivity contribution in [2.24, 2.45) is 5.92 Å². The van der Waals surface area contributed by atoms with Gasteiger partial charge in [-0.2, -0.15) is 0 Å². The molecule has 0 saturated carbocycles. The number of esters is 1. The van der Waals surface area contributed by atoms with Crippen molar-refractivity contribution in [3.8, 4) is 0 Å². The van der Waals surface area contributed by atoms with Crippen LogP contribution in [0, 0.1) is 5.92 Å². The van der Waals surface area contributed by atoms with E-state index in [0.29, 0.717) is 19.4 Å². The number of nitrogens with zero attached hydrogens (tertiary/aromatic N) is 1. The second kappa shape index (κ2) is 12.5. The molecule has 0 spiro atoms. The smallest absolute Gasteiger partial charge is 0.325 e. The van der Waals surface area contributed by atoms with Crippen LogP contribution in [-0.4, -0.2) is 63.8 Å². The largest absolute Gasteiger partial charge is 0.460 e. The summed E-state index contributed by atoms with van der Waals surface area (Å²) in [7, 11) is 0. The van der Waals surface area contributed by atoms with Gasteiger partial charge in [-0.25, -0.2) is 5.43 Å². The van der Waals surface area contributed by atoms with Crippen LogP contribution >= 0.6 is 34.8 Å². The van der Waals surface area contributed by atoms with Crippen molar-refractivity contribution >= 4 is 58.5 Å². The number of hydrogen-bond donors (Lipinski definition) is 3. The van der Waals surface area contributed by atoms with Crippen molar-refractivity contribution in [2.45, 2.75) is 62.0 Å². The molecule has 0 unspecified atom stereocenters. The summed E-state index contributed by atoms with van der Waals surface area (Å²) in [6, 6.07) is -2.48. The second-order valence-electron chi connectivity index (χ2n) is 7.55. The third-order valence-corrected chi connectivity index (χ3v) is 4.77. The summed E-state index contributed by atoms with van der Waals surface area (Å²) in [5.74, 6) is -2.10. The van der Waals surface area contributed by atoms with E-state index in [9.17, 15) is 19.2 Å². The van der Waals surface area contributed by atoms with Crippen molar-refractivity contribution in [3.05, 3.63) is 12.7 Å². The third kappa shape index (κ3) is 9.64. The van der Waals surface area contributed by atoms with Crippen LogP contribution in [0.5, 0.6) is 0 Å². The van der Waals surface area contributed by atoms with Crippen LogP contribution in [0.2, 0.25) is 0 Å². The van der Waals surface area contributed by atoms with Gasteiger partial charge in [0.15, 0.2) is 0 Å². The van der Waals surface area contributed by atoms with E-state index >= 15 is 0 Å². The van der Waals surface area contributed by atoms with Gasteiger partial charge in [-0.3, -0.25) is 24.2 Å². The van der Waals surface area contributed by atoms with E-state index in [-0.39, 0.29) is 18.2 Å². The molecule has 12 heteroatoms. The minimum absolute atomic E-state index is 0.0818. The highest BCUT2D eigenvalue weighted by molar-refractivity contribution is 6.67. The number of carbonyl (C=O) groups excluding carboxylic acids is 4. The first-order chi connectivity index (χ1) is 14.4. The van der Waals surface area contributed by atoms with Crippen LogP contribution in [0.4, 0.5) is 0 Å². The molecular formula is C19H29Cl3N4O5. The number of rotatable bonds is 9. The molecule has 31 heavy (non-hydrogen) atoms. The van der Waals surface area contributed by atoms with Crippen LogP contribution < -0.4 is 16.1 Å². The van der Waals surface area contributed by atoms with Gasteiger partial charge in [-0.1, -0.05) is 54.7 Å². The zero-order valence-electron chi connectivity index (χ0n) is 17.8. The molecule has 1 aliphatic heterocycles. The van der Waals surface area contributed by atoms with Gasteiger partial charge in [0.1, 0.15) is 24.7 Å². The molecule has 1 rings (SSSR count). The van der Waals surface area contributed by atoms with Crippen LogP contribution in [0.1, 0.15) is 40.0 Å². The Balaban J connectivity index is 2.67. The van der Waals surface area contributed by atoms with Gasteiger partial charge in [0, 0.05) is 13.0 Å². The molecule has 3 amide bonds. The van der Waals surface area contributed by atoms with Crippen molar-refractivity contribution in [1.29, 1.82) is 0 Å². The Hall–Kier alpha value is -1.55. The molecule has 0 aromatic carbocycles. The molecule has 1 fully saturated rings. The average Bonchev–Trinajstić information content (AvgIpc) is 2.69. The summed E-state index contributed by atoms with van der Waals surface area (Å²) in [5.41, 5.74) is 2.79. The lowest BCUT2D eigenvalue weighted by molar-refractivity contribution is -0.152. The molecule has 3 atom stereocenters. The number of nitrogens with one attached hydrogen (secondary N) is 3. The first-order valence-corrected chi connectivity index (χ1v) is 11.0. The molecule has 1 heterocycles. The Kier molecular flexibility index (Phi) is 11.1. The molecule has 0 aromatic heterocycles. The zero-order valence-corrected chi connectivity index (χ0v) is 20.0. The molecule has 1 aliphatic rings. The molecule has 0 aromatic rings. The van der Waals surface area contributed by atoms with E-state index < -0.39 is 46.3 Å². The van der Waals surface area contributed by atoms with Gasteiger partial charge in [0.2, 0.25) is 15.6 Å². The van der Waals surface area contributed by atoms with E-state index in [1.807, 2.05) is 0 Å². The number of halogens is 3. The normalized spacial score (nSPS) is 18.7. The number of ether oxygens (including phenoxy) is 1. The quantitative estimate of drug-likeness (QED) is 0.252. The van der Waals surface area contributed by atoms with E-state index in [1.165, 1.54) is 18.0 Å². The van der Waals surface area contributed by atoms with E-state index in [1.54, 1.807) is 13.8 Å². The highest BCUT2D eigenvalue weighted by Gasteiger charge is 2.34. The topological polar surface area (TPSA) is 117 Å². The van der Waals surface area contributed by atoms with Crippen LogP contribution in [-0.2, 0) is 23.9 Å². The SMILES string of the molecule is C=CCC(=O)N[C@H](C(=O)N[C@@H](C)C(=O)N1CCC[C@@H](C(=O)OCC(Cl)(Cl)Cl)N1)C(C)C. The maximum absolute atomic E-state index is 12.8. The third-order valence-electron chi connectivity index (χ3n) is 4.44. The van der Waals surface area contributed by atoms with Crippen molar-refractivity contribution in [1.82, 2.24) is 21.1 Å². The monoisotopic (exact) mass is 498 g/mol.